The van der Waals surface area contributed by atoms with Crippen molar-refractivity contribution >= 4 is 45.6 Å². The van der Waals surface area contributed by atoms with E-state index in [9.17, 15) is 9.59 Å². The third kappa shape index (κ3) is 4.21. The molecule has 0 aliphatic carbocycles. The molecule has 1 saturated heterocycles. The standard InChI is InChI=1S/C31H26N6O3/c1-18-25-14-29(34-17-26(25)23-8-7-21(13-28(23)40-18)37-11-3-6-30(37)38)35-19-12-20(16-32-15-19)36-31(39)24-4-2-5-27-22(24)9-10-33-27/h2,4-5,7-10,12-18,33H,3,6,11H2,1H3,(H,34,35)(H,36,39). The minimum Gasteiger partial charge on any atom is -0.485 e. The van der Waals surface area contributed by atoms with Crippen molar-refractivity contribution in [1.29, 1.82) is 0 Å². The van der Waals surface area contributed by atoms with Crippen LogP contribution in [-0.4, -0.2) is 33.3 Å². The SMILES string of the molecule is CC1Oc2cc(N3CCCC3=O)ccc2-c2cnc(Nc3cncc(NC(=O)c4cccc5[nH]ccc45)c3)cc21. The van der Waals surface area contributed by atoms with Crippen LogP contribution in [0.3, 0.4) is 0 Å². The summed E-state index contributed by atoms with van der Waals surface area (Å²) in [6, 6.07) is 17.2. The Hall–Kier alpha value is -5.18. The molecule has 0 saturated carbocycles. The average Bonchev–Trinajstić information content (AvgIpc) is 3.62. The van der Waals surface area contributed by atoms with E-state index < -0.39 is 0 Å². The molecule has 3 aromatic heterocycles. The van der Waals surface area contributed by atoms with Gasteiger partial charge in [-0.3, -0.25) is 14.6 Å². The number of nitrogens with zero attached hydrogens (tertiary/aromatic N) is 3. The number of benzene rings is 2. The van der Waals surface area contributed by atoms with Gasteiger partial charge < -0.3 is 25.3 Å². The summed E-state index contributed by atoms with van der Waals surface area (Å²) >= 11 is 0. The Morgan fingerprint density at radius 2 is 1.95 bits per heavy atom. The zero-order valence-corrected chi connectivity index (χ0v) is 21.8. The van der Waals surface area contributed by atoms with Crippen molar-refractivity contribution < 1.29 is 14.3 Å². The molecule has 0 radical (unpaired) electrons. The molecule has 7 rings (SSSR count). The van der Waals surface area contributed by atoms with E-state index in [2.05, 4.69) is 25.6 Å². The van der Waals surface area contributed by atoms with Crippen molar-refractivity contribution in [1.82, 2.24) is 15.0 Å². The summed E-state index contributed by atoms with van der Waals surface area (Å²) in [6.07, 6.45) is 8.22. The van der Waals surface area contributed by atoms with Crippen LogP contribution in [0.1, 0.15) is 41.8 Å². The van der Waals surface area contributed by atoms with Crippen molar-refractivity contribution in [2.45, 2.75) is 25.9 Å². The maximum atomic E-state index is 13.0. The van der Waals surface area contributed by atoms with Gasteiger partial charge in [0.2, 0.25) is 5.91 Å². The lowest BCUT2D eigenvalue weighted by Gasteiger charge is -2.28. The van der Waals surface area contributed by atoms with Gasteiger partial charge in [-0.25, -0.2) is 4.98 Å². The van der Waals surface area contributed by atoms with Crippen molar-refractivity contribution in [3.05, 3.63) is 90.5 Å². The average molecular weight is 531 g/mol. The molecule has 0 bridgehead atoms. The Morgan fingerprint density at radius 3 is 2.83 bits per heavy atom. The number of aromatic amines is 1. The monoisotopic (exact) mass is 530 g/mol. The number of carbonyl (C=O) groups is 2. The predicted molar refractivity (Wildman–Crippen MR) is 154 cm³/mol. The summed E-state index contributed by atoms with van der Waals surface area (Å²) in [5.74, 6) is 1.33. The molecule has 5 heterocycles. The number of ether oxygens (including phenoxy) is 1. The van der Waals surface area contributed by atoms with Crippen molar-refractivity contribution in [3.63, 3.8) is 0 Å². The van der Waals surface area contributed by atoms with Gasteiger partial charge in [-0.15, -0.1) is 0 Å². The molecule has 1 atom stereocenters. The number of hydrogen-bond donors (Lipinski definition) is 3. The summed E-state index contributed by atoms with van der Waals surface area (Å²) < 4.78 is 6.27. The van der Waals surface area contributed by atoms with Crippen molar-refractivity contribution in [2.24, 2.45) is 0 Å². The first-order chi connectivity index (χ1) is 19.5. The van der Waals surface area contributed by atoms with Gasteiger partial charge in [-0.05, 0) is 55.8 Å². The molecular weight excluding hydrogens is 504 g/mol. The maximum Gasteiger partial charge on any atom is 0.256 e. The zero-order valence-electron chi connectivity index (χ0n) is 21.8. The molecule has 2 aliphatic heterocycles. The van der Waals surface area contributed by atoms with Crippen molar-refractivity contribution in [2.75, 3.05) is 22.1 Å². The van der Waals surface area contributed by atoms with Crippen LogP contribution in [0.25, 0.3) is 22.0 Å². The van der Waals surface area contributed by atoms with E-state index in [0.717, 1.165) is 52.0 Å². The second-order valence-corrected chi connectivity index (χ2v) is 10.0. The Kier molecular flexibility index (Phi) is 5.70. The van der Waals surface area contributed by atoms with E-state index >= 15 is 0 Å². The quantitative estimate of drug-likeness (QED) is 0.249. The summed E-state index contributed by atoms with van der Waals surface area (Å²) in [5.41, 5.74) is 6.57. The smallest absolute Gasteiger partial charge is 0.256 e. The number of rotatable bonds is 5. The highest BCUT2D eigenvalue weighted by molar-refractivity contribution is 6.12. The Morgan fingerprint density at radius 1 is 1.05 bits per heavy atom. The topological polar surface area (TPSA) is 112 Å². The zero-order chi connectivity index (χ0) is 27.2. The lowest BCUT2D eigenvalue weighted by atomic mass is 9.94. The Bertz CT molecular complexity index is 1800. The molecule has 1 unspecified atom stereocenters. The lowest BCUT2D eigenvalue weighted by molar-refractivity contribution is -0.117. The molecule has 9 heteroatoms. The Balaban J connectivity index is 1.11. The second-order valence-electron chi connectivity index (χ2n) is 10.0. The summed E-state index contributed by atoms with van der Waals surface area (Å²) in [4.78, 5) is 39.1. The molecule has 9 nitrogen and oxygen atoms in total. The minimum absolute atomic E-state index is 0.151. The number of anilines is 4. The van der Waals surface area contributed by atoms with Gasteiger partial charge in [-0.2, -0.15) is 0 Å². The van der Waals surface area contributed by atoms with Gasteiger partial charge in [-0.1, -0.05) is 6.07 Å². The highest BCUT2D eigenvalue weighted by atomic mass is 16.5. The van der Waals surface area contributed by atoms with Gasteiger partial charge in [0.05, 0.1) is 23.8 Å². The van der Waals surface area contributed by atoms with Gasteiger partial charge in [0.15, 0.2) is 0 Å². The molecule has 2 aromatic carbocycles. The molecule has 198 valence electrons. The second kappa shape index (κ2) is 9.53. The first kappa shape index (κ1) is 23.9. The third-order valence-corrected chi connectivity index (χ3v) is 7.43. The number of amides is 2. The van der Waals surface area contributed by atoms with E-state index in [0.29, 0.717) is 29.2 Å². The van der Waals surface area contributed by atoms with Crippen LogP contribution < -0.4 is 20.3 Å². The van der Waals surface area contributed by atoms with Gasteiger partial charge in [0.1, 0.15) is 17.7 Å². The van der Waals surface area contributed by atoms with E-state index in [1.165, 1.54) is 0 Å². The molecule has 2 aliphatic rings. The largest absolute Gasteiger partial charge is 0.485 e. The van der Waals surface area contributed by atoms with E-state index in [4.69, 9.17) is 4.74 Å². The number of carbonyl (C=O) groups excluding carboxylic acids is 2. The van der Waals surface area contributed by atoms with Crippen molar-refractivity contribution in [3.8, 4) is 16.9 Å². The number of pyridine rings is 2. The number of H-pyrrole nitrogens is 1. The van der Waals surface area contributed by atoms with Crippen LogP contribution in [0.2, 0.25) is 0 Å². The number of hydrogen-bond acceptors (Lipinski definition) is 6. The number of aromatic nitrogens is 3. The summed E-state index contributed by atoms with van der Waals surface area (Å²) in [5, 5.41) is 7.10. The number of nitrogens with one attached hydrogen (secondary N) is 3. The van der Waals surface area contributed by atoms with Crippen LogP contribution >= 0.6 is 0 Å². The minimum atomic E-state index is -0.210. The highest BCUT2D eigenvalue weighted by Gasteiger charge is 2.27. The number of fused-ring (bicyclic) bond motifs is 4. The fourth-order valence-corrected chi connectivity index (χ4v) is 5.48. The summed E-state index contributed by atoms with van der Waals surface area (Å²) in [7, 11) is 0. The first-order valence-electron chi connectivity index (χ1n) is 13.2. The van der Waals surface area contributed by atoms with Gasteiger partial charge in [0.25, 0.3) is 5.91 Å². The molecule has 3 N–H and O–H groups in total. The first-order valence-corrected chi connectivity index (χ1v) is 13.2. The molecule has 40 heavy (non-hydrogen) atoms. The predicted octanol–water partition coefficient (Wildman–Crippen LogP) is 6.20. The molecule has 1 fully saturated rings. The summed E-state index contributed by atoms with van der Waals surface area (Å²) in [6.45, 7) is 2.74. The lowest BCUT2D eigenvalue weighted by Crippen LogP contribution is -2.24. The van der Waals surface area contributed by atoms with Crippen LogP contribution in [-0.2, 0) is 4.79 Å². The van der Waals surface area contributed by atoms with Crippen LogP contribution in [0.15, 0.2) is 79.4 Å². The van der Waals surface area contributed by atoms with Crippen LogP contribution in [0.5, 0.6) is 5.75 Å². The molecule has 0 spiro atoms. The highest BCUT2D eigenvalue weighted by Crippen LogP contribution is 2.44. The van der Waals surface area contributed by atoms with E-state index in [1.54, 1.807) is 18.5 Å². The molecular formula is C31H26N6O3. The van der Waals surface area contributed by atoms with E-state index in [1.807, 2.05) is 72.7 Å². The van der Waals surface area contributed by atoms with E-state index in [-0.39, 0.29) is 17.9 Å². The molecule has 2 amide bonds. The Labute approximate surface area is 230 Å². The van der Waals surface area contributed by atoms with Crippen LogP contribution in [0.4, 0.5) is 22.9 Å². The fraction of sp³-hybridized carbons (Fsp3) is 0.161. The van der Waals surface area contributed by atoms with Gasteiger partial charge >= 0.3 is 0 Å². The van der Waals surface area contributed by atoms with Crippen LogP contribution in [0, 0.1) is 0 Å². The van der Waals surface area contributed by atoms with Gasteiger partial charge in [0, 0.05) is 70.3 Å². The fourth-order valence-electron chi connectivity index (χ4n) is 5.48. The molecule has 5 aromatic rings. The normalized spacial score (nSPS) is 15.9. The maximum absolute atomic E-state index is 13.0. The third-order valence-electron chi connectivity index (χ3n) is 7.43.